The summed E-state index contributed by atoms with van der Waals surface area (Å²) in [5, 5.41) is 11.6. The molecule has 0 saturated carbocycles. The van der Waals surface area contributed by atoms with Crippen molar-refractivity contribution in [2.24, 2.45) is 0 Å². The summed E-state index contributed by atoms with van der Waals surface area (Å²) in [6.45, 7) is 1.85. The first-order chi connectivity index (χ1) is 14.9. The van der Waals surface area contributed by atoms with Crippen LogP contribution in [0, 0.1) is 6.92 Å². The van der Waals surface area contributed by atoms with Crippen LogP contribution in [0.4, 0.5) is 5.69 Å². The number of benzene rings is 3. The zero-order valence-electron chi connectivity index (χ0n) is 17.0. The van der Waals surface area contributed by atoms with E-state index in [0.29, 0.717) is 27.6 Å². The minimum absolute atomic E-state index is 0.00241. The number of anilines is 1. The van der Waals surface area contributed by atoms with Gasteiger partial charge in [-0.25, -0.2) is 0 Å². The molecule has 4 rings (SSSR count). The van der Waals surface area contributed by atoms with Crippen molar-refractivity contribution in [2.45, 2.75) is 13.0 Å². The first-order valence-electron chi connectivity index (χ1n) is 9.69. The Labute approximate surface area is 185 Å². The Balaban J connectivity index is 2.00. The van der Waals surface area contributed by atoms with Gasteiger partial charge in [-0.3, -0.25) is 14.5 Å². The van der Waals surface area contributed by atoms with Crippen LogP contribution in [0.3, 0.4) is 0 Å². The largest absolute Gasteiger partial charge is 0.507 e. The van der Waals surface area contributed by atoms with Crippen molar-refractivity contribution in [2.75, 3.05) is 12.0 Å². The van der Waals surface area contributed by atoms with E-state index >= 15 is 0 Å². The lowest BCUT2D eigenvalue weighted by molar-refractivity contribution is -0.132. The number of aryl methyl sites for hydroxylation is 1. The third-order valence-corrected chi connectivity index (χ3v) is 5.77. The van der Waals surface area contributed by atoms with E-state index in [1.807, 2.05) is 6.92 Å². The summed E-state index contributed by atoms with van der Waals surface area (Å²) >= 11 is 6.31. The van der Waals surface area contributed by atoms with Gasteiger partial charge in [-0.05, 0) is 30.7 Å². The minimum atomic E-state index is -0.880. The fraction of sp³-hybridized carbons (Fsp3) is 0.120. The second-order valence-corrected chi connectivity index (χ2v) is 7.62. The normalized spacial score (nSPS) is 17.8. The molecule has 6 heteroatoms. The van der Waals surface area contributed by atoms with Crippen LogP contribution in [0.5, 0.6) is 5.75 Å². The highest BCUT2D eigenvalue weighted by atomic mass is 35.5. The van der Waals surface area contributed by atoms with Gasteiger partial charge in [-0.1, -0.05) is 66.2 Å². The van der Waals surface area contributed by atoms with E-state index in [9.17, 15) is 14.7 Å². The highest BCUT2D eigenvalue weighted by molar-refractivity contribution is 6.52. The van der Waals surface area contributed by atoms with Crippen molar-refractivity contribution in [3.05, 3.63) is 100 Å². The van der Waals surface area contributed by atoms with E-state index < -0.39 is 17.7 Å². The van der Waals surface area contributed by atoms with Crippen LogP contribution in [-0.4, -0.2) is 23.9 Å². The molecule has 0 radical (unpaired) electrons. The number of hydrogen-bond donors (Lipinski definition) is 1. The van der Waals surface area contributed by atoms with Crippen LogP contribution >= 0.6 is 11.6 Å². The number of Topliss-reactive ketones (excluding diaryl/α,β-unsaturated/α-hetero) is 1. The van der Waals surface area contributed by atoms with Crippen LogP contribution in [0.15, 0.2) is 78.4 Å². The van der Waals surface area contributed by atoms with Gasteiger partial charge in [0.25, 0.3) is 11.7 Å². The Morgan fingerprint density at radius 3 is 2.35 bits per heavy atom. The van der Waals surface area contributed by atoms with Crippen LogP contribution in [0.1, 0.15) is 22.7 Å². The number of carbonyl (C=O) groups excluding carboxylic acids is 2. The third kappa shape index (κ3) is 3.57. The maximum atomic E-state index is 13.2. The molecular formula is C25H20ClNO4. The molecule has 1 unspecified atom stereocenters. The fourth-order valence-corrected chi connectivity index (χ4v) is 3.94. The van der Waals surface area contributed by atoms with E-state index in [0.717, 1.165) is 5.56 Å². The molecule has 156 valence electrons. The number of para-hydroxylation sites is 1. The Kier molecular flexibility index (Phi) is 5.53. The molecule has 3 aromatic carbocycles. The average molecular weight is 434 g/mol. The number of nitrogens with zero attached hydrogens (tertiary/aromatic N) is 1. The lowest BCUT2D eigenvalue weighted by atomic mass is 9.94. The minimum Gasteiger partial charge on any atom is -0.507 e. The number of ketones is 1. The monoisotopic (exact) mass is 433 g/mol. The summed E-state index contributed by atoms with van der Waals surface area (Å²) in [7, 11) is 1.52. The Bertz CT molecular complexity index is 1200. The number of amides is 1. The highest BCUT2D eigenvalue weighted by Gasteiger charge is 2.48. The maximum absolute atomic E-state index is 13.2. The fourth-order valence-electron chi connectivity index (χ4n) is 3.77. The number of ether oxygens (including phenoxy) is 1. The number of carbonyl (C=O) groups is 2. The second-order valence-electron chi connectivity index (χ2n) is 7.21. The number of aliphatic hydroxyl groups is 1. The van der Waals surface area contributed by atoms with Gasteiger partial charge in [-0.15, -0.1) is 0 Å². The molecule has 0 aliphatic carbocycles. The molecule has 1 fully saturated rings. The molecule has 0 aromatic heterocycles. The number of rotatable bonds is 4. The number of aliphatic hydroxyl groups excluding tert-OH is 1. The molecule has 1 aliphatic heterocycles. The van der Waals surface area contributed by atoms with Gasteiger partial charge < -0.3 is 9.84 Å². The number of hydrogen-bond acceptors (Lipinski definition) is 4. The van der Waals surface area contributed by atoms with Crippen molar-refractivity contribution in [3.8, 4) is 5.75 Å². The first kappa shape index (κ1) is 20.7. The highest BCUT2D eigenvalue weighted by Crippen LogP contribution is 2.45. The van der Waals surface area contributed by atoms with Crippen molar-refractivity contribution >= 4 is 34.7 Å². The summed E-state index contributed by atoms with van der Waals surface area (Å²) in [5.74, 6) is -1.26. The van der Waals surface area contributed by atoms with Crippen molar-refractivity contribution in [1.29, 1.82) is 0 Å². The predicted molar refractivity (Wildman–Crippen MR) is 120 cm³/mol. The van der Waals surface area contributed by atoms with Gasteiger partial charge in [-0.2, -0.15) is 0 Å². The first-order valence-corrected chi connectivity index (χ1v) is 10.1. The van der Waals surface area contributed by atoms with Crippen molar-refractivity contribution in [1.82, 2.24) is 0 Å². The topological polar surface area (TPSA) is 66.8 Å². The molecule has 1 saturated heterocycles. The Morgan fingerprint density at radius 1 is 1.00 bits per heavy atom. The van der Waals surface area contributed by atoms with Crippen LogP contribution in [0.25, 0.3) is 5.76 Å². The lowest BCUT2D eigenvalue weighted by Gasteiger charge is -2.27. The van der Waals surface area contributed by atoms with Gasteiger partial charge >= 0.3 is 0 Å². The molecule has 5 nitrogen and oxygen atoms in total. The summed E-state index contributed by atoms with van der Waals surface area (Å²) in [5.41, 5.74) is 2.33. The number of halogens is 1. The van der Waals surface area contributed by atoms with Gasteiger partial charge in [0.15, 0.2) is 0 Å². The Hall–Kier alpha value is -3.57. The van der Waals surface area contributed by atoms with Gasteiger partial charge in [0, 0.05) is 21.8 Å². The summed E-state index contributed by atoms with van der Waals surface area (Å²) in [4.78, 5) is 27.7. The molecular weight excluding hydrogens is 414 g/mol. The molecule has 1 amide bonds. The van der Waals surface area contributed by atoms with Gasteiger partial charge in [0.1, 0.15) is 11.5 Å². The smallest absolute Gasteiger partial charge is 0.300 e. The zero-order valence-corrected chi connectivity index (χ0v) is 17.8. The zero-order chi connectivity index (χ0) is 22.1. The summed E-state index contributed by atoms with van der Waals surface area (Å²) in [6.07, 6.45) is 0. The maximum Gasteiger partial charge on any atom is 0.300 e. The molecule has 0 bridgehead atoms. The average Bonchev–Trinajstić information content (AvgIpc) is 3.06. The quantitative estimate of drug-likeness (QED) is 0.345. The van der Waals surface area contributed by atoms with Gasteiger partial charge in [0.2, 0.25) is 0 Å². The van der Waals surface area contributed by atoms with E-state index in [1.54, 1.807) is 72.8 Å². The molecule has 1 aliphatic rings. The van der Waals surface area contributed by atoms with Crippen molar-refractivity contribution < 1.29 is 19.4 Å². The second kappa shape index (κ2) is 8.28. The van der Waals surface area contributed by atoms with Crippen LogP contribution in [0.2, 0.25) is 5.02 Å². The van der Waals surface area contributed by atoms with E-state index in [2.05, 4.69) is 0 Å². The van der Waals surface area contributed by atoms with Crippen molar-refractivity contribution in [3.63, 3.8) is 0 Å². The molecule has 3 aromatic rings. The summed E-state index contributed by atoms with van der Waals surface area (Å²) < 4.78 is 5.51. The van der Waals surface area contributed by atoms with Crippen LogP contribution in [-0.2, 0) is 9.59 Å². The van der Waals surface area contributed by atoms with E-state index in [1.165, 1.54) is 12.0 Å². The number of methoxy groups -OCH3 is 1. The predicted octanol–water partition coefficient (Wildman–Crippen LogP) is 5.28. The van der Waals surface area contributed by atoms with E-state index in [-0.39, 0.29) is 11.3 Å². The third-order valence-electron chi connectivity index (χ3n) is 5.36. The standard InChI is InChI=1S/C25H20ClNO4/c1-15-12-13-17(14-19(15)26)27-22(18-10-6-7-11-20(18)31-2)21(24(29)25(27)30)23(28)16-8-4-3-5-9-16/h3-14,22,28H,1-2H3/b23-21-. The molecule has 1 heterocycles. The van der Waals surface area contributed by atoms with Gasteiger partial charge in [0.05, 0.1) is 18.7 Å². The molecule has 1 atom stereocenters. The Morgan fingerprint density at radius 2 is 1.68 bits per heavy atom. The molecule has 0 spiro atoms. The molecule has 1 N–H and O–H groups in total. The SMILES string of the molecule is COc1ccccc1C1/C(=C(/O)c2ccccc2)C(=O)C(=O)N1c1ccc(C)c(Cl)c1. The summed E-state index contributed by atoms with van der Waals surface area (Å²) in [6, 6.07) is 20.1. The molecule has 31 heavy (non-hydrogen) atoms. The lowest BCUT2D eigenvalue weighted by Crippen LogP contribution is -2.29. The van der Waals surface area contributed by atoms with Crippen LogP contribution < -0.4 is 9.64 Å². The van der Waals surface area contributed by atoms with E-state index in [4.69, 9.17) is 16.3 Å².